The number of nitrogens with one attached hydrogen (secondary N) is 1. The first kappa shape index (κ1) is 20.6. The second kappa shape index (κ2) is 8.90. The minimum absolute atomic E-state index is 0.192. The van der Waals surface area contributed by atoms with Crippen molar-refractivity contribution < 1.29 is 19.5 Å². The van der Waals surface area contributed by atoms with Crippen molar-refractivity contribution in [1.29, 1.82) is 0 Å². The highest BCUT2D eigenvalue weighted by Crippen LogP contribution is 2.36. The number of carbonyl (C=O) groups excluding carboxylic acids is 2. The first-order chi connectivity index (χ1) is 13.9. The largest absolute Gasteiger partial charge is 0.480 e. The van der Waals surface area contributed by atoms with Gasteiger partial charge in [0.25, 0.3) is 5.91 Å². The fraction of sp³-hybridized carbons (Fsp3) is 0.348. The predicted molar refractivity (Wildman–Crippen MR) is 109 cm³/mol. The normalized spacial score (nSPS) is 16.2. The molecule has 0 fully saturated rings. The molecular formula is C23H26N2O4. The molecule has 0 aliphatic heterocycles. The molecule has 0 spiro atoms. The van der Waals surface area contributed by atoms with Crippen LogP contribution in [-0.4, -0.2) is 40.4 Å². The lowest BCUT2D eigenvalue weighted by molar-refractivity contribution is -0.147. The molecule has 2 aromatic rings. The number of rotatable bonds is 7. The molecule has 152 valence electrons. The molecule has 6 nitrogen and oxygen atoms in total. The summed E-state index contributed by atoms with van der Waals surface area (Å²) in [7, 11) is 0. The van der Waals surface area contributed by atoms with Gasteiger partial charge in [0.05, 0.1) is 6.04 Å². The van der Waals surface area contributed by atoms with Gasteiger partial charge in [-0.15, -0.1) is 0 Å². The standard InChI is InChI=1S/C23H26N2O4/c1-15(2)21(24-22(28)17-9-4-3-5-10-17)23(29)25(14-20(26)27)19-13-12-16-8-6-7-11-18(16)19/h3-11,15,19,21H,12-14H2,1-2H3,(H,24,28)(H,26,27)/t19?,21-/m0/s1. The molecule has 0 aromatic heterocycles. The molecule has 0 heterocycles. The van der Waals surface area contributed by atoms with Crippen LogP contribution in [0.5, 0.6) is 0 Å². The van der Waals surface area contributed by atoms with Crippen molar-refractivity contribution >= 4 is 17.8 Å². The number of hydrogen-bond acceptors (Lipinski definition) is 3. The molecule has 0 saturated heterocycles. The van der Waals surface area contributed by atoms with Crippen LogP contribution in [0.1, 0.15) is 47.8 Å². The SMILES string of the molecule is CC(C)[C@H](NC(=O)c1ccccc1)C(=O)N(CC(=O)O)C1CCc2ccccc21. The molecule has 2 aromatic carbocycles. The number of carbonyl (C=O) groups is 3. The Morgan fingerprint density at radius 3 is 2.38 bits per heavy atom. The maximum atomic E-state index is 13.4. The van der Waals surface area contributed by atoms with E-state index in [9.17, 15) is 19.5 Å². The van der Waals surface area contributed by atoms with Crippen LogP contribution in [0.15, 0.2) is 54.6 Å². The Hall–Kier alpha value is -3.15. The summed E-state index contributed by atoms with van der Waals surface area (Å²) in [5, 5.41) is 12.3. The Labute approximate surface area is 170 Å². The fourth-order valence-corrected chi connectivity index (χ4v) is 3.85. The number of hydrogen-bond donors (Lipinski definition) is 2. The topological polar surface area (TPSA) is 86.7 Å². The summed E-state index contributed by atoms with van der Waals surface area (Å²) in [6.45, 7) is 3.28. The van der Waals surface area contributed by atoms with Gasteiger partial charge in [-0.2, -0.15) is 0 Å². The van der Waals surface area contributed by atoms with Crippen molar-refractivity contribution in [3.05, 3.63) is 71.3 Å². The van der Waals surface area contributed by atoms with E-state index in [1.165, 1.54) is 4.90 Å². The van der Waals surface area contributed by atoms with Crippen LogP contribution < -0.4 is 5.32 Å². The van der Waals surface area contributed by atoms with Crippen LogP contribution >= 0.6 is 0 Å². The summed E-state index contributed by atoms with van der Waals surface area (Å²) in [6.07, 6.45) is 1.47. The van der Waals surface area contributed by atoms with Gasteiger partial charge in [0, 0.05) is 5.56 Å². The number of fused-ring (bicyclic) bond motifs is 1. The van der Waals surface area contributed by atoms with Crippen molar-refractivity contribution in [2.45, 2.75) is 38.8 Å². The molecule has 0 saturated carbocycles. The number of carboxylic acid groups (broad SMARTS) is 1. The van der Waals surface area contributed by atoms with E-state index in [-0.39, 0.29) is 23.8 Å². The average Bonchev–Trinajstić information content (AvgIpc) is 3.13. The molecule has 2 atom stereocenters. The average molecular weight is 394 g/mol. The second-order valence-corrected chi connectivity index (χ2v) is 7.67. The highest BCUT2D eigenvalue weighted by atomic mass is 16.4. The predicted octanol–water partition coefficient (Wildman–Crippen LogP) is 3.04. The Morgan fingerprint density at radius 1 is 1.07 bits per heavy atom. The van der Waals surface area contributed by atoms with Gasteiger partial charge in [0.15, 0.2) is 0 Å². The van der Waals surface area contributed by atoms with Gasteiger partial charge in [-0.25, -0.2) is 0 Å². The van der Waals surface area contributed by atoms with E-state index >= 15 is 0 Å². The van der Waals surface area contributed by atoms with Gasteiger partial charge in [-0.1, -0.05) is 56.3 Å². The first-order valence-electron chi connectivity index (χ1n) is 9.84. The van der Waals surface area contributed by atoms with Crippen LogP contribution in [0.3, 0.4) is 0 Å². The minimum atomic E-state index is -1.07. The number of benzene rings is 2. The third-order valence-corrected chi connectivity index (χ3v) is 5.32. The molecular weight excluding hydrogens is 368 g/mol. The Balaban J connectivity index is 1.87. The molecule has 2 amide bonds. The van der Waals surface area contributed by atoms with Crippen molar-refractivity contribution in [1.82, 2.24) is 10.2 Å². The molecule has 2 N–H and O–H groups in total. The summed E-state index contributed by atoms with van der Waals surface area (Å²) in [6, 6.07) is 15.4. The van der Waals surface area contributed by atoms with E-state index in [4.69, 9.17) is 0 Å². The highest BCUT2D eigenvalue weighted by molar-refractivity contribution is 5.98. The van der Waals surface area contributed by atoms with Gasteiger partial charge < -0.3 is 15.3 Å². The molecule has 1 aliphatic rings. The summed E-state index contributed by atoms with van der Waals surface area (Å²) in [5.41, 5.74) is 2.58. The Kier molecular flexibility index (Phi) is 6.32. The highest BCUT2D eigenvalue weighted by Gasteiger charge is 2.37. The summed E-state index contributed by atoms with van der Waals surface area (Å²) in [4.78, 5) is 39.0. The minimum Gasteiger partial charge on any atom is -0.480 e. The van der Waals surface area contributed by atoms with Gasteiger partial charge in [0.1, 0.15) is 12.6 Å². The molecule has 0 bridgehead atoms. The maximum absolute atomic E-state index is 13.4. The summed E-state index contributed by atoms with van der Waals surface area (Å²) >= 11 is 0. The monoisotopic (exact) mass is 394 g/mol. The Morgan fingerprint density at radius 2 is 1.72 bits per heavy atom. The van der Waals surface area contributed by atoms with Crippen LogP contribution in [0.4, 0.5) is 0 Å². The number of nitrogens with zero attached hydrogens (tertiary/aromatic N) is 1. The molecule has 29 heavy (non-hydrogen) atoms. The molecule has 1 unspecified atom stereocenters. The zero-order valence-corrected chi connectivity index (χ0v) is 16.7. The third-order valence-electron chi connectivity index (χ3n) is 5.32. The second-order valence-electron chi connectivity index (χ2n) is 7.67. The van der Waals surface area contributed by atoms with Crippen molar-refractivity contribution in [3.63, 3.8) is 0 Å². The summed E-state index contributed by atoms with van der Waals surface area (Å²) in [5.74, 6) is -1.98. The van der Waals surface area contributed by atoms with Crippen LogP contribution in [-0.2, 0) is 16.0 Å². The summed E-state index contributed by atoms with van der Waals surface area (Å²) < 4.78 is 0. The van der Waals surface area contributed by atoms with E-state index in [1.807, 2.05) is 44.2 Å². The molecule has 3 rings (SSSR count). The van der Waals surface area contributed by atoms with Gasteiger partial charge in [0.2, 0.25) is 5.91 Å². The molecule has 1 aliphatic carbocycles. The Bertz CT molecular complexity index is 895. The van der Waals surface area contributed by atoms with Gasteiger partial charge in [-0.3, -0.25) is 14.4 Å². The van der Waals surface area contributed by atoms with E-state index in [1.54, 1.807) is 24.3 Å². The van der Waals surface area contributed by atoms with E-state index in [0.717, 1.165) is 17.5 Å². The van der Waals surface area contributed by atoms with E-state index in [0.29, 0.717) is 12.0 Å². The number of aryl methyl sites for hydroxylation is 1. The third kappa shape index (κ3) is 4.65. The van der Waals surface area contributed by atoms with Gasteiger partial charge >= 0.3 is 5.97 Å². The van der Waals surface area contributed by atoms with E-state index < -0.39 is 18.6 Å². The van der Waals surface area contributed by atoms with Crippen molar-refractivity contribution in [2.24, 2.45) is 5.92 Å². The molecule has 6 heteroatoms. The first-order valence-corrected chi connectivity index (χ1v) is 9.84. The van der Waals surface area contributed by atoms with E-state index in [2.05, 4.69) is 5.32 Å². The smallest absolute Gasteiger partial charge is 0.323 e. The van der Waals surface area contributed by atoms with Crippen LogP contribution in [0.2, 0.25) is 0 Å². The quantitative estimate of drug-likeness (QED) is 0.756. The lowest BCUT2D eigenvalue weighted by Crippen LogP contribution is -2.53. The number of amides is 2. The fourth-order valence-electron chi connectivity index (χ4n) is 3.85. The van der Waals surface area contributed by atoms with Crippen LogP contribution in [0.25, 0.3) is 0 Å². The lowest BCUT2D eigenvalue weighted by atomic mass is 9.99. The zero-order chi connectivity index (χ0) is 21.0. The lowest BCUT2D eigenvalue weighted by Gasteiger charge is -2.33. The maximum Gasteiger partial charge on any atom is 0.323 e. The van der Waals surface area contributed by atoms with Crippen LogP contribution in [0, 0.1) is 5.92 Å². The number of aliphatic carboxylic acids is 1. The van der Waals surface area contributed by atoms with Crippen molar-refractivity contribution in [3.8, 4) is 0 Å². The number of carboxylic acids is 1. The van der Waals surface area contributed by atoms with Crippen molar-refractivity contribution in [2.75, 3.05) is 6.54 Å². The molecule has 0 radical (unpaired) electrons. The zero-order valence-electron chi connectivity index (χ0n) is 16.7. The van der Waals surface area contributed by atoms with Gasteiger partial charge in [-0.05, 0) is 42.0 Å².